The van der Waals surface area contributed by atoms with Crippen molar-refractivity contribution in [2.24, 2.45) is 0 Å². The van der Waals surface area contributed by atoms with Crippen molar-refractivity contribution in [1.82, 2.24) is 14.8 Å². The van der Waals surface area contributed by atoms with Gasteiger partial charge >= 0.3 is 0 Å². The lowest BCUT2D eigenvalue weighted by atomic mass is 10.1. The maximum absolute atomic E-state index is 12.5. The second kappa shape index (κ2) is 6.95. The van der Waals surface area contributed by atoms with Crippen LogP contribution in [0.1, 0.15) is 24.2 Å². The normalized spacial score (nSPS) is 10.6. The topological polar surface area (TPSA) is 71.8 Å². The smallest absolute Gasteiger partial charge is 0.255 e. The maximum atomic E-state index is 12.5. The molecule has 0 atom stereocenters. The fraction of sp³-hybridized carbons (Fsp3) is 0.167. The van der Waals surface area contributed by atoms with Gasteiger partial charge in [-0.3, -0.25) is 9.36 Å². The van der Waals surface area contributed by atoms with Gasteiger partial charge in [-0.15, -0.1) is 10.2 Å². The summed E-state index contributed by atoms with van der Waals surface area (Å²) in [5.74, 6) is -0.150. The molecule has 24 heavy (non-hydrogen) atoms. The molecule has 0 unspecified atom stereocenters. The lowest BCUT2D eigenvalue weighted by Gasteiger charge is -2.12. The number of nitrogens with one attached hydrogen (secondary N) is 2. The Hall–Kier alpha value is -3.15. The number of hydrogen-bond acceptors (Lipinski definition) is 4. The molecule has 6 nitrogen and oxygen atoms in total. The molecule has 3 rings (SSSR count). The van der Waals surface area contributed by atoms with Crippen LogP contribution in [0.3, 0.4) is 0 Å². The molecule has 0 radical (unpaired) electrons. The molecule has 0 bridgehead atoms. The first-order valence-corrected chi connectivity index (χ1v) is 7.75. The average Bonchev–Trinajstić information content (AvgIpc) is 3.09. The third-order valence-electron chi connectivity index (χ3n) is 3.40. The second-order valence-corrected chi connectivity index (χ2v) is 5.75. The van der Waals surface area contributed by atoms with Crippen LogP contribution in [0.4, 0.5) is 11.4 Å². The van der Waals surface area contributed by atoms with Gasteiger partial charge in [-0.1, -0.05) is 12.1 Å². The molecule has 2 N–H and O–H groups in total. The van der Waals surface area contributed by atoms with E-state index < -0.39 is 0 Å². The van der Waals surface area contributed by atoms with Gasteiger partial charge in [-0.25, -0.2) is 0 Å². The Bertz CT molecular complexity index is 827. The van der Waals surface area contributed by atoms with E-state index in [4.69, 9.17) is 0 Å². The zero-order valence-electron chi connectivity index (χ0n) is 13.6. The fourth-order valence-electron chi connectivity index (χ4n) is 2.37. The van der Waals surface area contributed by atoms with Gasteiger partial charge in [0.1, 0.15) is 12.7 Å². The molecule has 122 valence electrons. The molecule has 1 aromatic heterocycles. The van der Waals surface area contributed by atoms with E-state index in [1.165, 1.54) is 0 Å². The van der Waals surface area contributed by atoms with Gasteiger partial charge in [-0.2, -0.15) is 0 Å². The van der Waals surface area contributed by atoms with Crippen molar-refractivity contribution in [1.29, 1.82) is 0 Å². The van der Waals surface area contributed by atoms with Crippen molar-refractivity contribution < 1.29 is 4.79 Å². The number of nitrogens with zero attached hydrogens (tertiary/aromatic N) is 3. The van der Waals surface area contributed by atoms with Crippen LogP contribution in [0.15, 0.2) is 61.2 Å². The second-order valence-electron chi connectivity index (χ2n) is 5.75. The lowest BCUT2D eigenvalue weighted by Crippen LogP contribution is -2.14. The number of rotatable bonds is 5. The monoisotopic (exact) mass is 321 g/mol. The van der Waals surface area contributed by atoms with Crippen molar-refractivity contribution in [3.8, 4) is 5.69 Å². The summed E-state index contributed by atoms with van der Waals surface area (Å²) < 4.78 is 1.78. The molecule has 0 aliphatic heterocycles. The van der Waals surface area contributed by atoms with E-state index in [9.17, 15) is 4.79 Å². The fourth-order valence-corrected chi connectivity index (χ4v) is 2.37. The number of carbonyl (C=O) groups is 1. The van der Waals surface area contributed by atoms with Crippen LogP contribution in [0, 0.1) is 0 Å². The molecule has 0 saturated heterocycles. The zero-order chi connectivity index (χ0) is 16.9. The predicted octanol–water partition coefficient (Wildman–Crippen LogP) is 3.34. The predicted molar refractivity (Wildman–Crippen MR) is 94.5 cm³/mol. The summed E-state index contributed by atoms with van der Waals surface area (Å²) in [6.07, 6.45) is 3.23. The van der Waals surface area contributed by atoms with E-state index in [0.717, 1.165) is 11.4 Å². The van der Waals surface area contributed by atoms with Crippen molar-refractivity contribution in [2.75, 3.05) is 10.6 Å². The van der Waals surface area contributed by atoms with Gasteiger partial charge in [0.2, 0.25) is 0 Å². The highest BCUT2D eigenvalue weighted by atomic mass is 16.1. The first-order chi connectivity index (χ1) is 11.6. The highest BCUT2D eigenvalue weighted by Crippen LogP contribution is 2.17. The average molecular weight is 321 g/mol. The molecule has 3 aromatic rings. The molecule has 6 heteroatoms. The largest absolute Gasteiger partial charge is 0.383 e. The van der Waals surface area contributed by atoms with Gasteiger partial charge in [0.15, 0.2) is 0 Å². The van der Waals surface area contributed by atoms with Crippen molar-refractivity contribution >= 4 is 17.3 Å². The van der Waals surface area contributed by atoms with Crippen LogP contribution in [-0.2, 0) is 0 Å². The van der Waals surface area contributed by atoms with Gasteiger partial charge in [0.05, 0.1) is 5.69 Å². The van der Waals surface area contributed by atoms with Crippen LogP contribution < -0.4 is 10.6 Å². The number of hydrogen-bond donors (Lipinski definition) is 2. The summed E-state index contributed by atoms with van der Waals surface area (Å²) in [6, 6.07) is 15.3. The maximum Gasteiger partial charge on any atom is 0.255 e. The number of aromatic nitrogens is 3. The van der Waals surface area contributed by atoms with Crippen molar-refractivity contribution in [2.45, 2.75) is 19.9 Å². The van der Waals surface area contributed by atoms with Crippen LogP contribution in [0.2, 0.25) is 0 Å². The highest BCUT2D eigenvalue weighted by molar-refractivity contribution is 6.04. The van der Waals surface area contributed by atoms with Crippen LogP contribution in [-0.4, -0.2) is 26.7 Å². The third kappa shape index (κ3) is 3.78. The summed E-state index contributed by atoms with van der Waals surface area (Å²) in [7, 11) is 0. The molecule has 0 saturated carbocycles. The molecule has 0 aliphatic rings. The SMILES string of the molecule is CC(C)Nc1cccc(C(=O)Nc2cccc(-n3cnnc3)c2)c1. The van der Waals surface area contributed by atoms with Crippen molar-refractivity contribution in [3.05, 3.63) is 66.7 Å². The Balaban J connectivity index is 1.76. The van der Waals surface area contributed by atoms with E-state index in [2.05, 4.69) is 34.7 Å². The molecule has 1 amide bonds. The van der Waals surface area contributed by atoms with E-state index in [-0.39, 0.29) is 5.91 Å². The Morgan fingerprint density at radius 1 is 1.00 bits per heavy atom. The minimum absolute atomic E-state index is 0.150. The van der Waals surface area contributed by atoms with Crippen LogP contribution in [0.25, 0.3) is 5.69 Å². The van der Waals surface area contributed by atoms with Crippen molar-refractivity contribution in [3.63, 3.8) is 0 Å². The van der Waals surface area contributed by atoms with Gasteiger partial charge < -0.3 is 10.6 Å². The van der Waals surface area contributed by atoms with Crippen LogP contribution in [0.5, 0.6) is 0 Å². The number of benzene rings is 2. The summed E-state index contributed by atoms with van der Waals surface area (Å²) in [5.41, 5.74) is 3.13. The minimum Gasteiger partial charge on any atom is -0.383 e. The first-order valence-electron chi connectivity index (χ1n) is 7.75. The van der Waals surface area contributed by atoms with E-state index >= 15 is 0 Å². The molecular weight excluding hydrogens is 302 g/mol. The number of anilines is 2. The van der Waals surface area contributed by atoms with Gasteiger partial charge in [-0.05, 0) is 50.2 Å². The lowest BCUT2D eigenvalue weighted by molar-refractivity contribution is 0.102. The van der Waals surface area contributed by atoms with Crippen LogP contribution >= 0.6 is 0 Å². The Kier molecular flexibility index (Phi) is 4.56. The Labute approximate surface area is 140 Å². The molecule has 2 aromatic carbocycles. The van der Waals surface area contributed by atoms with Gasteiger partial charge in [0, 0.05) is 23.0 Å². The van der Waals surface area contributed by atoms with Gasteiger partial charge in [0.25, 0.3) is 5.91 Å². The summed E-state index contributed by atoms with van der Waals surface area (Å²) in [4.78, 5) is 12.5. The highest BCUT2D eigenvalue weighted by Gasteiger charge is 2.08. The Morgan fingerprint density at radius 2 is 1.71 bits per heavy atom. The number of amides is 1. The van der Waals surface area contributed by atoms with E-state index in [1.54, 1.807) is 23.3 Å². The molecule has 0 spiro atoms. The standard InChI is InChI=1S/C18H19N5O/c1-13(2)21-15-6-3-5-14(9-15)18(24)22-16-7-4-8-17(10-16)23-11-19-20-12-23/h3-13,21H,1-2H3,(H,22,24). The molecular formula is C18H19N5O. The summed E-state index contributed by atoms with van der Waals surface area (Å²) in [6.45, 7) is 4.12. The summed E-state index contributed by atoms with van der Waals surface area (Å²) >= 11 is 0. The molecule has 1 heterocycles. The minimum atomic E-state index is -0.150. The Morgan fingerprint density at radius 3 is 2.46 bits per heavy atom. The zero-order valence-corrected chi connectivity index (χ0v) is 13.6. The number of carbonyl (C=O) groups excluding carboxylic acids is 1. The first kappa shape index (κ1) is 15.7. The molecule has 0 fully saturated rings. The molecule has 0 aliphatic carbocycles. The quantitative estimate of drug-likeness (QED) is 0.756. The third-order valence-corrected chi connectivity index (χ3v) is 3.40. The summed E-state index contributed by atoms with van der Waals surface area (Å²) in [5, 5.41) is 13.8. The van der Waals surface area contributed by atoms with E-state index in [1.807, 2.05) is 42.5 Å². The van der Waals surface area contributed by atoms with E-state index in [0.29, 0.717) is 17.3 Å².